The minimum Gasteiger partial charge on any atom is -0.494 e. The molecule has 12 heteroatoms. The zero-order chi connectivity index (χ0) is 26.0. The maximum Gasteiger partial charge on any atom is 0.243 e. The monoisotopic (exact) mass is 516 g/mol. The lowest BCUT2D eigenvalue weighted by Gasteiger charge is -2.22. The highest BCUT2D eigenvalue weighted by molar-refractivity contribution is 7.93. The molecule has 2 aromatic heterocycles. The second kappa shape index (κ2) is 10.4. The molecule has 194 valence electrons. The van der Waals surface area contributed by atoms with Crippen LogP contribution in [0.1, 0.15) is 56.2 Å². The summed E-state index contributed by atoms with van der Waals surface area (Å²) in [6.45, 7) is 7.82. The van der Waals surface area contributed by atoms with Crippen molar-refractivity contribution < 1.29 is 22.6 Å². The van der Waals surface area contributed by atoms with Crippen molar-refractivity contribution >= 4 is 16.0 Å². The predicted octanol–water partition coefficient (Wildman–Crippen LogP) is 3.21. The number of benzene rings is 1. The summed E-state index contributed by atoms with van der Waals surface area (Å²) in [5.74, 6) is 1.45. The molecule has 11 nitrogen and oxygen atoms in total. The maximum absolute atomic E-state index is 13.5. The van der Waals surface area contributed by atoms with Crippen molar-refractivity contribution in [3.05, 3.63) is 47.8 Å². The maximum atomic E-state index is 13.5. The first-order valence-electron chi connectivity index (χ1n) is 11.8. The van der Waals surface area contributed by atoms with Gasteiger partial charge in [0.15, 0.2) is 0 Å². The first kappa shape index (κ1) is 25.8. The van der Waals surface area contributed by atoms with Crippen LogP contribution in [0.25, 0.3) is 5.69 Å². The first-order chi connectivity index (χ1) is 17.2. The molecular weight excluding hydrogens is 484 g/mol. The van der Waals surface area contributed by atoms with E-state index >= 15 is 0 Å². The average Bonchev–Trinajstić information content (AvgIpc) is 3.47. The van der Waals surface area contributed by atoms with E-state index in [9.17, 15) is 8.42 Å². The Bertz CT molecular complexity index is 1290. The van der Waals surface area contributed by atoms with E-state index in [4.69, 9.17) is 14.2 Å². The summed E-state index contributed by atoms with van der Waals surface area (Å²) in [6.07, 6.45) is 3.96. The highest BCUT2D eigenvalue weighted by Crippen LogP contribution is 2.39. The van der Waals surface area contributed by atoms with Crippen molar-refractivity contribution in [1.82, 2.24) is 24.7 Å². The molecule has 4 atom stereocenters. The molecule has 0 amide bonds. The number of aryl methyl sites for hydroxylation is 1. The van der Waals surface area contributed by atoms with Crippen molar-refractivity contribution in [3.8, 4) is 17.2 Å². The minimum absolute atomic E-state index is 0.0378. The number of sulfonamides is 1. The number of nitrogens with zero attached hydrogens (tertiary/aromatic N) is 5. The van der Waals surface area contributed by atoms with Gasteiger partial charge in [-0.3, -0.25) is 9.29 Å². The third kappa shape index (κ3) is 4.87. The van der Waals surface area contributed by atoms with E-state index in [1.807, 2.05) is 13.8 Å². The van der Waals surface area contributed by atoms with Gasteiger partial charge < -0.3 is 14.2 Å². The van der Waals surface area contributed by atoms with E-state index in [1.165, 1.54) is 0 Å². The molecule has 1 fully saturated rings. The van der Waals surface area contributed by atoms with Crippen LogP contribution in [-0.2, 0) is 14.8 Å². The Kier molecular flexibility index (Phi) is 7.46. The van der Waals surface area contributed by atoms with Crippen molar-refractivity contribution in [1.29, 1.82) is 0 Å². The number of anilines is 1. The number of para-hydroxylation sites is 1. The summed E-state index contributed by atoms with van der Waals surface area (Å²) >= 11 is 0. The fourth-order valence-corrected chi connectivity index (χ4v) is 5.51. The van der Waals surface area contributed by atoms with Gasteiger partial charge in [0.25, 0.3) is 0 Å². The summed E-state index contributed by atoms with van der Waals surface area (Å²) < 4.78 is 48.4. The van der Waals surface area contributed by atoms with Crippen molar-refractivity contribution in [3.63, 3.8) is 0 Å². The van der Waals surface area contributed by atoms with Gasteiger partial charge in [0.05, 0.1) is 25.6 Å². The van der Waals surface area contributed by atoms with E-state index in [0.717, 1.165) is 12.0 Å². The first-order valence-corrected chi connectivity index (χ1v) is 13.3. The second-order valence-corrected chi connectivity index (χ2v) is 11.0. The van der Waals surface area contributed by atoms with E-state index < -0.39 is 21.2 Å². The normalized spacial score (nSPS) is 19.6. The van der Waals surface area contributed by atoms with Crippen LogP contribution in [0.15, 0.2) is 30.6 Å². The molecule has 1 aliphatic rings. The minimum atomic E-state index is -3.93. The molecule has 0 radical (unpaired) electrons. The molecular formula is C24H32N6O5S. The zero-order valence-corrected chi connectivity index (χ0v) is 22.1. The fourth-order valence-electron chi connectivity index (χ4n) is 4.28. The van der Waals surface area contributed by atoms with E-state index in [1.54, 1.807) is 63.2 Å². The summed E-state index contributed by atoms with van der Waals surface area (Å²) in [4.78, 5) is 8.62. The van der Waals surface area contributed by atoms with Gasteiger partial charge in [-0.25, -0.2) is 18.4 Å². The van der Waals surface area contributed by atoms with E-state index in [-0.39, 0.29) is 18.0 Å². The Morgan fingerprint density at radius 3 is 2.31 bits per heavy atom. The molecule has 1 aromatic carbocycles. The number of ether oxygens (including phenoxy) is 3. The highest BCUT2D eigenvalue weighted by Gasteiger charge is 2.36. The Morgan fingerprint density at radius 1 is 1.11 bits per heavy atom. The summed E-state index contributed by atoms with van der Waals surface area (Å²) in [5, 5.41) is 7.80. The van der Waals surface area contributed by atoms with Gasteiger partial charge in [0, 0.05) is 30.8 Å². The zero-order valence-electron chi connectivity index (χ0n) is 21.3. The number of nitrogens with one attached hydrogen (secondary N) is 1. The van der Waals surface area contributed by atoms with Crippen molar-refractivity contribution in [2.75, 3.05) is 25.5 Å². The molecule has 3 aromatic rings. The fraction of sp³-hybridized carbons (Fsp3) is 0.500. The largest absolute Gasteiger partial charge is 0.494 e. The Morgan fingerprint density at radius 2 is 1.75 bits per heavy atom. The highest BCUT2D eigenvalue weighted by atomic mass is 32.2. The Labute approximate surface area is 211 Å². The Hall–Kier alpha value is -3.25. The van der Waals surface area contributed by atoms with Crippen LogP contribution >= 0.6 is 0 Å². The Balaban J connectivity index is 1.78. The van der Waals surface area contributed by atoms with Crippen LogP contribution in [0.4, 0.5) is 5.95 Å². The SMILES string of the molecule is COc1cccc(OC)c1-n1c(NS(=O)(=O)C(C)C(C)c2ncc(C)cn2)nnc1[C@H]1CCO[C@H]1C. The van der Waals surface area contributed by atoms with Crippen LogP contribution < -0.4 is 14.2 Å². The van der Waals surface area contributed by atoms with Crippen molar-refractivity contribution in [2.24, 2.45) is 0 Å². The second-order valence-electron chi connectivity index (χ2n) is 8.96. The van der Waals surface area contributed by atoms with Crippen LogP contribution in [0.3, 0.4) is 0 Å². The molecule has 1 N–H and O–H groups in total. The van der Waals surface area contributed by atoms with Crippen molar-refractivity contribution in [2.45, 2.75) is 57.3 Å². The lowest BCUT2D eigenvalue weighted by molar-refractivity contribution is 0.117. The van der Waals surface area contributed by atoms with Gasteiger partial charge in [-0.05, 0) is 44.9 Å². The van der Waals surface area contributed by atoms with Crippen LogP contribution in [0.2, 0.25) is 0 Å². The molecule has 0 saturated carbocycles. The van der Waals surface area contributed by atoms with Crippen LogP contribution in [0.5, 0.6) is 11.5 Å². The smallest absolute Gasteiger partial charge is 0.243 e. The lowest BCUT2D eigenvalue weighted by atomic mass is 10.0. The van der Waals surface area contributed by atoms with Crippen LogP contribution in [0, 0.1) is 6.92 Å². The molecule has 1 aliphatic heterocycles. The van der Waals surface area contributed by atoms with Gasteiger partial charge in [0.2, 0.25) is 16.0 Å². The molecule has 1 saturated heterocycles. The summed E-state index contributed by atoms with van der Waals surface area (Å²) in [5.41, 5.74) is 1.40. The van der Waals surface area contributed by atoms with Gasteiger partial charge >= 0.3 is 0 Å². The predicted molar refractivity (Wildman–Crippen MR) is 134 cm³/mol. The van der Waals surface area contributed by atoms with E-state index in [0.29, 0.717) is 35.4 Å². The van der Waals surface area contributed by atoms with Gasteiger partial charge in [-0.1, -0.05) is 13.0 Å². The standard InChI is InChI=1S/C24H32N6O5S/c1-14-12-25-22(26-13-14)15(2)17(4)36(31,32)29-24-28-27-23(18-10-11-35-16(18)3)30(24)21-19(33-5)8-7-9-20(21)34-6/h7-9,12-13,15-18H,10-11H2,1-6H3,(H,28,29)/t15?,16-,17?,18-/m0/s1. The molecule has 2 unspecified atom stereocenters. The van der Waals surface area contributed by atoms with Crippen LogP contribution in [-0.4, -0.2) is 65.3 Å². The van der Waals surface area contributed by atoms with E-state index in [2.05, 4.69) is 24.9 Å². The topological polar surface area (TPSA) is 130 Å². The summed E-state index contributed by atoms with van der Waals surface area (Å²) in [7, 11) is -0.849. The third-order valence-electron chi connectivity index (χ3n) is 6.66. The summed E-state index contributed by atoms with van der Waals surface area (Å²) in [6, 6.07) is 5.34. The van der Waals surface area contributed by atoms with Gasteiger partial charge in [-0.15, -0.1) is 10.2 Å². The molecule has 0 bridgehead atoms. The molecule has 3 heterocycles. The lowest BCUT2D eigenvalue weighted by Crippen LogP contribution is -2.31. The average molecular weight is 517 g/mol. The van der Waals surface area contributed by atoms with Gasteiger partial charge in [-0.2, -0.15) is 0 Å². The molecule has 0 aliphatic carbocycles. The number of hydrogen-bond acceptors (Lipinski definition) is 9. The molecule has 0 spiro atoms. The third-order valence-corrected chi connectivity index (χ3v) is 8.51. The van der Waals surface area contributed by atoms with Gasteiger partial charge in [0.1, 0.15) is 28.8 Å². The molecule has 4 rings (SSSR count). The quantitative estimate of drug-likeness (QED) is 0.455. The number of hydrogen-bond donors (Lipinski definition) is 1. The number of methoxy groups -OCH3 is 2. The number of rotatable bonds is 9. The molecule has 36 heavy (non-hydrogen) atoms. The number of aromatic nitrogens is 5.